The minimum atomic E-state index is -1.29. The van der Waals surface area contributed by atoms with E-state index in [0.717, 1.165) is 11.8 Å². The summed E-state index contributed by atoms with van der Waals surface area (Å²) in [6.07, 6.45) is 2.89. The van der Waals surface area contributed by atoms with E-state index in [9.17, 15) is 0 Å². The van der Waals surface area contributed by atoms with Gasteiger partial charge in [0.15, 0.2) is 8.32 Å². The molecule has 2 atom stereocenters. The number of hydrogen-bond donors (Lipinski definition) is 0. The Morgan fingerprint density at radius 1 is 1.38 bits per heavy atom. The molecule has 0 spiro atoms. The lowest BCUT2D eigenvalue weighted by molar-refractivity contribution is 0.326. The van der Waals surface area contributed by atoms with Crippen molar-refractivity contribution in [3.63, 3.8) is 0 Å². The number of hydrogen-bond acceptors (Lipinski definition) is 1. The smallest absolute Gasteiger partial charge is 0.190 e. The average molecular weight is 216 g/mol. The second kappa shape index (κ2) is 3.87. The molecule has 2 unspecified atom stereocenters. The van der Waals surface area contributed by atoms with Gasteiger partial charge in [-0.25, -0.2) is 0 Å². The highest BCUT2D eigenvalue weighted by molar-refractivity contribution is 6.95. The molecular formula is C10H24OSi2. The Balaban J connectivity index is 2.73. The summed E-state index contributed by atoms with van der Waals surface area (Å²) in [5.41, 5.74) is 0. The molecule has 78 valence electrons. The standard InChI is InChI=1S/C10H24OSi2/c1-6-11-13(5)9-7-8-10(13)12(2,3)4/h10H,6-9H2,1-5H3. The fraction of sp³-hybridized carbons (Fsp3) is 1.00. The first-order chi connectivity index (χ1) is 5.90. The Hall–Kier alpha value is 0.394. The highest BCUT2D eigenvalue weighted by Crippen LogP contribution is 2.45. The van der Waals surface area contributed by atoms with Crippen LogP contribution in [-0.4, -0.2) is 23.0 Å². The van der Waals surface area contributed by atoms with Crippen LogP contribution >= 0.6 is 0 Å². The van der Waals surface area contributed by atoms with Crippen molar-refractivity contribution in [2.24, 2.45) is 0 Å². The molecule has 0 aliphatic carbocycles. The van der Waals surface area contributed by atoms with E-state index in [-0.39, 0.29) is 0 Å². The van der Waals surface area contributed by atoms with Crippen molar-refractivity contribution in [2.75, 3.05) is 6.61 Å². The maximum atomic E-state index is 6.10. The minimum Gasteiger partial charge on any atom is -0.417 e. The molecule has 0 bridgehead atoms. The molecular weight excluding hydrogens is 192 g/mol. The van der Waals surface area contributed by atoms with Crippen molar-refractivity contribution < 1.29 is 4.43 Å². The Kier molecular flexibility index (Phi) is 3.41. The van der Waals surface area contributed by atoms with Crippen LogP contribution in [0.5, 0.6) is 0 Å². The first-order valence-corrected chi connectivity index (χ1v) is 11.8. The van der Waals surface area contributed by atoms with Crippen LogP contribution in [0.15, 0.2) is 0 Å². The SMILES string of the molecule is CCO[Si]1(C)CCCC1[Si](C)(C)C. The maximum Gasteiger partial charge on any atom is 0.190 e. The Bertz CT molecular complexity index is 176. The van der Waals surface area contributed by atoms with Crippen molar-refractivity contribution in [1.29, 1.82) is 0 Å². The van der Waals surface area contributed by atoms with Crippen molar-refractivity contribution >= 4 is 16.4 Å². The molecule has 3 heteroatoms. The monoisotopic (exact) mass is 216 g/mol. The molecule has 1 aliphatic heterocycles. The van der Waals surface area contributed by atoms with Crippen molar-refractivity contribution in [2.45, 2.75) is 57.2 Å². The van der Waals surface area contributed by atoms with Gasteiger partial charge in [0.2, 0.25) is 0 Å². The average Bonchev–Trinajstić information content (AvgIpc) is 2.30. The molecule has 1 nitrogen and oxygen atoms in total. The first kappa shape index (κ1) is 11.5. The van der Waals surface area contributed by atoms with E-state index in [1.54, 1.807) is 0 Å². The van der Waals surface area contributed by atoms with E-state index in [4.69, 9.17) is 4.43 Å². The van der Waals surface area contributed by atoms with Gasteiger partial charge in [0.05, 0.1) is 0 Å². The van der Waals surface area contributed by atoms with Crippen LogP contribution in [0.2, 0.25) is 37.4 Å². The van der Waals surface area contributed by atoms with Gasteiger partial charge >= 0.3 is 0 Å². The van der Waals surface area contributed by atoms with Crippen LogP contribution in [0.4, 0.5) is 0 Å². The van der Waals surface area contributed by atoms with Gasteiger partial charge in [0.25, 0.3) is 0 Å². The van der Waals surface area contributed by atoms with Crippen molar-refractivity contribution in [3.05, 3.63) is 0 Å². The first-order valence-electron chi connectivity index (χ1n) is 5.54. The van der Waals surface area contributed by atoms with Gasteiger partial charge < -0.3 is 4.43 Å². The van der Waals surface area contributed by atoms with E-state index in [1.807, 2.05) is 0 Å². The van der Waals surface area contributed by atoms with Crippen LogP contribution in [0.3, 0.4) is 0 Å². The summed E-state index contributed by atoms with van der Waals surface area (Å²) in [6.45, 7) is 13.1. The lowest BCUT2D eigenvalue weighted by atomic mass is 10.4. The second-order valence-corrected chi connectivity index (χ2v) is 15.7. The normalized spacial score (nSPS) is 35.3. The molecule has 1 heterocycles. The molecule has 0 amide bonds. The zero-order valence-corrected chi connectivity index (χ0v) is 11.8. The van der Waals surface area contributed by atoms with Crippen LogP contribution < -0.4 is 0 Å². The zero-order chi connectivity index (χ0) is 10.1. The fourth-order valence-electron chi connectivity index (χ4n) is 2.99. The van der Waals surface area contributed by atoms with Gasteiger partial charge in [-0.3, -0.25) is 0 Å². The Morgan fingerprint density at radius 2 is 2.00 bits per heavy atom. The highest BCUT2D eigenvalue weighted by atomic mass is 28.4. The van der Waals surface area contributed by atoms with E-state index in [0.29, 0.717) is 0 Å². The van der Waals surface area contributed by atoms with Gasteiger partial charge in [-0.15, -0.1) is 0 Å². The molecule has 0 N–H and O–H groups in total. The third kappa shape index (κ3) is 2.45. The third-order valence-electron chi connectivity index (χ3n) is 3.42. The minimum absolute atomic E-state index is 0.934. The molecule has 0 saturated carbocycles. The highest BCUT2D eigenvalue weighted by Gasteiger charge is 2.48. The largest absolute Gasteiger partial charge is 0.417 e. The molecule has 1 aliphatic rings. The van der Waals surface area contributed by atoms with E-state index < -0.39 is 16.4 Å². The second-order valence-electron chi connectivity index (χ2n) is 5.56. The predicted octanol–water partition coefficient (Wildman–Crippen LogP) is 3.64. The molecule has 1 saturated heterocycles. The lowest BCUT2D eigenvalue weighted by Crippen LogP contribution is -2.46. The Morgan fingerprint density at radius 3 is 2.46 bits per heavy atom. The molecule has 0 aromatic rings. The Labute approximate surface area is 85.0 Å². The van der Waals surface area contributed by atoms with Crippen LogP contribution in [0.25, 0.3) is 0 Å². The quantitative estimate of drug-likeness (QED) is 0.655. The summed E-state index contributed by atoms with van der Waals surface area (Å²) in [5, 5.41) is 1.000. The van der Waals surface area contributed by atoms with E-state index in [1.165, 1.54) is 18.9 Å². The third-order valence-corrected chi connectivity index (χ3v) is 14.3. The van der Waals surface area contributed by atoms with Crippen LogP contribution in [0, 0.1) is 0 Å². The van der Waals surface area contributed by atoms with Crippen molar-refractivity contribution in [1.82, 2.24) is 0 Å². The number of rotatable bonds is 3. The van der Waals surface area contributed by atoms with Crippen molar-refractivity contribution in [3.8, 4) is 0 Å². The predicted molar refractivity (Wildman–Crippen MR) is 64.4 cm³/mol. The van der Waals surface area contributed by atoms with Gasteiger partial charge in [-0.05, 0) is 24.7 Å². The van der Waals surface area contributed by atoms with Gasteiger partial charge in [0, 0.05) is 14.7 Å². The van der Waals surface area contributed by atoms with E-state index in [2.05, 4.69) is 33.1 Å². The van der Waals surface area contributed by atoms with Crippen LogP contribution in [0.1, 0.15) is 19.8 Å². The zero-order valence-electron chi connectivity index (χ0n) is 9.81. The lowest BCUT2D eigenvalue weighted by Gasteiger charge is -2.36. The summed E-state index contributed by atoms with van der Waals surface area (Å²) < 4.78 is 6.10. The molecule has 1 rings (SSSR count). The van der Waals surface area contributed by atoms with Gasteiger partial charge in [0.1, 0.15) is 0 Å². The molecule has 0 aromatic carbocycles. The van der Waals surface area contributed by atoms with Gasteiger partial charge in [-0.2, -0.15) is 0 Å². The van der Waals surface area contributed by atoms with Crippen LogP contribution in [-0.2, 0) is 4.43 Å². The molecule has 0 radical (unpaired) electrons. The molecule has 13 heavy (non-hydrogen) atoms. The summed E-state index contributed by atoms with van der Waals surface area (Å²) in [7, 11) is -2.25. The molecule has 1 fully saturated rings. The summed E-state index contributed by atoms with van der Waals surface area (Å²) in [4.78, 5) is 0. The summed E-state index contributed by atoms with van der Waals surface area (Å²) in [6, 6.07) is 1.41. The van der Waals surface area contributed by atoms with Gasteiger partial charge in [-0.1, -0.05) is 32.5 Å². The molecule has 0 aromatic heterocycles. The summed E-state index contributed by atoms with van der Waals surface area (Å²) in [5.74, 6) is 0. The fourth-order valence-corrected chi connectivity index (χ4v) is 15.1. The topological polar surface area (TPSA) is 9.23 Å². The van der Waals surface area contributed by atoms with E-state index >= 15 is 0 Å². The maximum absolute atomic E-state index is 6.10. The summed E-state index contributed by atoms with van der Waals surface area (Å²) >= 11 is 0.